The standard InChI is InChI=1S/C22H36N4O/c1-7-23-8-2-20(1)19-26-11-5-22(6-12-26)21-3-9-24(10-4-21)13-14-25-15-17-27-18-16-25/h1-2,7-8,21-22H,3-6,9-19H2. The molecule has 0 bridgehead atoms. The molecule has 0 radical (unpaired) electrons. The van der Waals surface area contributed by atoms with Gasteiger partial charge in [0.25, 0.3) is 0 Å². The van der Waals surface area contributed by atoms with E-state index < -0.39 is 0 Å². The highest BCUT2D eigenvalue weighted by atomic mass is 16.5. The summed E-state index contributed by atoms with van der Waals surface area (Å²) in [4.78, 5) is 12.0. The summed E-state index contributed by atoms with van der Waals surface area (Å²) in [6.07, 6.45) is 9.44. The number of hydrogen-bond acceptors (Lipinski definition) is 5. The maximum atomic E-state index is 5.45. The first kappa shape index (κ1) is 19.3. The average molecular weight is 373 g/mol. The van der Waals surface area contributed by atoms with Gasteiger partial charge in [-0.05, 0) is 81.4 Å². The van der Waals surface area contributed by atoms with E-state index in [1.54, 1.807) is 0 Å². The summed E-state index contributed by atoms with van der Waals surface area (Å²) in [5.41, 5.74) is 1.40. The van der Waals surface area contributed by atoms with E-state index in [4.69, 9.17) is 4.74 Å². The van der Waals surface area contributed by atoms with Crippen LogP contribution in [0.25, 0.3) is 0 Å². The van der Waals surface area contributed by atoms with Crippen LogP contribution in [0.5, 0.6) is 0 Å². The molecule has 5 nitrogen and oxygen atoms in total. The Hall–Kier alpha value is -1.01. The van der Waals surface area contributed by atoms with Crippen LogP contribution < -0.4 is 0 Å². The predicted molar refractivity (Wildman–Crippen MR) is 109 cm³/mol. The molecule has 0 atom stereocenters. The van der Waals surface area contributed by atoms with E-state index in [0.29, 0.717) is 0 Å². The molecule has 4 heterocycles. The monoisotopic (exact) mass is 372 g/mol. The van der Waals surface area contributed by atoms with Crippen LogP contribution in [0.3, 0.4) is 0 Å². The van der Waals surface area contributed by atoms with Gasteiger partial charge in [-0.3, -0.25) is 14.8 Å². The lowest BCUT2D eigenvalue weighted by atomic mass is 9.79. The third-order valence-corrected chi connectivity index (χ3v) is 6.92. The molecule has 0 spiro atoms. The van der Waals surface area contributed by atoms with E-state index in [2.05, 4.69) is 31.8 Å². The van der Waals surface area contributed by atoms with Crippen LogP contribution in [-0.2, 0) is 11.3 Å². The molecular weight excluding hydrogens is 336 g/mol. The zero-order valence-corrected chi connectivity index (χ0v) is 16.8. The van der Waals surface area contributed by atoms with Gasteiger partial charge in [0.15, 0.2) is 0 Å². The van der Waals surface area contributed by atoms with Gasteiger partial charge in [-0.25, -0.2) is 0 Å². The fourth-order valence-electron chi connectivity index (χ4n) is 5.08. The third kappa shape index (κ3) is 5.74. The number of likely N-dealkylation sites (tertiary alicyclic amines) is 2. The van der Waals surface area contributed by atoms with E-state index >= 15 is 0 Å². The predicted octanol–water partition coefficient (Wildman–Crippen LogP) is 2.34. The number of pyridine rings is 1. The van der Waals surface area contributed by atoms with Gasteiger partial charge in [-0.2, -0.15) is 0 Å². The van der Waals surface area contributed by atoms with Crippen molar-refractivity contribution in [2.45, 2.75) is 32.2 Å². The van der Waals surface area contributed by atoms with Gasteiger partial charge in [0.1, 0.15) is 0 Å². The Morgan fingerprint density at radius 2 is 1.26 bits per heavy atom. The molecule has 0 saturated carbocycles. The zero-order valence-electron chi connectivity index (χ0n) is 16.8. The number of piperidine rings is 2. The molecule has 0 aliphatic carbocycles. The normalized spacial score (nSPS) is 25.0. The van der Waals surface area contributed by atoms with Gasteiger partial charge in [0.05, 0.1) is 13.2 Å². The lowest BCUT2D eigenvalue weighted by Crippen LogP contribution is -2.44. The maximum absolute atomic E-state index is 5.45. The highest BCUT2D eigenvalue weighted by molar-refractivity contribution is 5.09. The molecule has 27 heavy (non-hydrogen) atoms. The highest BCUT2D eigenvalue weighted by Gasteiger charge is 2.29. The lowest BCUT2D eigenvalue weighted by molar-refractivity contribution is 0.0293. The van der Waals surface area contributed by atoms with Crippen molar-refractivity contribution in [1.29, 1.82) is 0 Å². The Balaban J connectivity index is 1.13. The van der Waals surface area contributed by atoms with E-state index in [1.165, 1.54) is 70.5 Å². The number of morpholine rings is 1. The summed E-state index contributed by atoms with van der Waals surface area (Å²) >= 11 is 0. The summed E-state index contributed by atoms with van der Waals surface area (Å²) in [6.45, 7) is 12.8. The molecule has 3 fully saturated rings. The second-order valence-corrected chi connectivity index (χ2v) is 8.60. The van der Waals surface area contributed by atoms with Crippen LogP contribution >= 0.6 is 0 Å². The van der Waals surface area contributed by atoms with Crippen LogP contribution in [0.2, 0.25) is 0 Å². The molecule has 0 amide bonds. The van der Waals surface area contributed by atoms with Crippen molar-refractivity contribution in [2.75, 3.05) is 65.6 Å². The molecule has 0 unspecified atom stereocenters. The summed E-state index contributed by atoms with van der Waals surface area (Å²) in [5, 5.41) is 0. The molecule has 3 aliphatic rings. The Bertz CT molecular complexity index is 533. The van der Waals surface area contributed by atoms with Crippen molar-refractivity contribution in [2.24, 2.45) is 11.8 Å². The molecule has 1 aromatic heterocycles. The Morgan fingerprint density at radius 1 is 0.741 bits per heavy atom. The molecule has 0 N–H and O–H groups in total. The second kappa shape index (κ2) is 9.97. The van der Waals surface area contributed by atoms with E-state index in [0.717, 1.165) is 44.7 Å². The Morgan fingerprint density at radius 3 is 1.85 bits per heavy atom. The Labute approximate surface area is 164 Å². The van der Waals surface area contributed by atoms with E-state index in [9.17, 15) is 0 Å². The Kier molecular flexibility index (Phi) is 7.13. The molecule has 150 valence electrons. The highest BCUT2D eigenvalue weighted by Crippen LogP contribution is 2.32. The van der Waals surface area contributed by atoms with Crippen LogP contribution in [0, 0.1) is 11.8 Å². The van der Waals surface area contributed by atoms with E-state index in [1.807, 2.05) is 12.4 Å². The third-order valence-electron chi connectivity index (χ3n) is 6.92. The van der Waals surface area contributed by atoms with Crippen molar-refractivity contribution in [1.82, 2.24) is 19.7 Å². The van der Waals surface area contributed by atoms with Crippen LogP contribution in [0.1, 0.15) is 31.2 Å². The van der Waals surface area contributed by atoms with Crippen molar-refractivity contribution in [3.63, 3.8) is 0 Å². The van der Waals surface area contributed by atoms with Crippen molar-refractivity contribution in [3.8, 4) is 0 Å². The van der Waals surface area contributed by atoms with Gasteiger partial charge in [0, 0.05) is 45.1 Å². The first-order valence-corrected chi connectivity index (χ1v) is 11.0. The number of nitrogens with zero attached hydrogens (tertiary/aromatic N) is 4. The van der Waals surface area contributed by atoms with E-state index in [-0.39, 0.29) is 0 Å². The van der Waals surface area contributed by atoms with Gasteiger partial charge in [0.2, 0.25) is 0 Å². The number of aromatic nitrogens is 1. The van der Waals surface area contributed by atoms with Gasteiger partial charge in [-0.15, -0.1) is 0 Å². The molecule has 1 aromatic rings. The quantitative estimate of drug-likeness (QED) is 0.765. The van der Waals surface area contributed by atoms with Gasteiger partial charge < -0.3 is 9.64 Å². The summed E-state index contributed by atoms with van der Waals surface area (Å²) in [7, 11) is 0. The van der Waals surface area contributed by atoms with Crippen molar-refractivity contribution in [3.05, 3.63) is 30.1 Å². The topological polar surface area (TPSA) is 31.8 Å². The van der Waals surface area contributed by atoms with Crippen molar-refractivity contribution >= 4 is 0 Å². The zero-order chi connectivity index (χ0) is 18.3. The molecule has 5 heteroatoms. The average Bonchev–Trinajstić information content (AvgIpc) is 2.75. The minimum absolute atomic E-state index is 0.919. The smallest absolute Gasteiger partial charge is 0.0594 e. The lowest BCUT2D eigenvalue weighted by Gasteiger charge is -2.40. The maximum Gasteiger partial charge on any atom is 0.0594 e. The molecule has 4 rings (SSSR count). The molecular formula is C22H36N4O. The summed E-state index contributed by atoms with van der Waals surface area (Å²) in [5.74, 6) is 1.92. The fourth-order valence-corrected chi connectivity index (χ4v) is 5.08. The number of rotatable bonds is 6. The summed E-state index contributed by atoms with van der Waals surface area (Å²) < 4.78 is 5.45. The second-order valence-electron chi connectivity index (χ2n) is 8.60. The minimum atomic E-state index is 0.919. The van der Waals surface area contributed by atoms with Crippen molar-refractivity contribution < 1.29 is 4.74 Å². The SMILES string of the molecule is c1cc(CN2CCC(C3CCN(CCN4CCOCC4)CC3)CC2)ccn1. The fraction of sp³-hybridized carbons (Fsp3) is 0.773. The van der Waals surface area contributed by atoms with Crippen LogP contribution in [0.4, 0.5) is 0 Å². The molecule has 0 aromatic carbocycles. The van der Waals surface area contributed by atoms with Gasteiger partial charge in [-0.1, -0.05) is 0 Å². The van der Waals surface area contributed by atoms with Crippen LogP contribution in [-0.4, -0.2) is 85.3 Å². The van der Waals surface area contributed by atoms with Crippen LogP contribution in [0.15, 0.2) is 24.5 Å². The first-order chi connectivity index (χ1) is 13.4. The van der Waals surface area contributed by atoms with Gasteiger partial charge >= 0.3 is 0 Å². The number of ether oxygens (including phenoxy) is 1. The minimum Gasteiger partial charge on any atom is -0.379 e. The first-order valence-electron chi connectivity index (χ1n) is 11.0. The number of hydrogen-bond donors (Lipinski definition) is 0. The molecule has 3 saturated heterocycles. The summed E-state index contributed by atoms with van der Waals surface area (Å²) in [6, 6.07) is 4.30. The molecule has 3 aliphatic heterocycles. The largest absolute Gasteiger partial charge is 0.379 e.